The second kappa shape index (κ2) is 44.3. The summed E-state index contributed by atoms with van der Waals surface area (Å²) in [6.45, 7) is 2.43. The minimum atomic E-state index is -4.75. The molecule has 0 amide bonds. The highest BCUT2D eigenvalue weighted by atomic mass is 31.2. The number of unbranched alkanes of at least 4 members (excludes halogenated alkanes) is 21. The average Bonchev–Trinajstić information content (AvgIpc) is 3.26. The largest absolute Gasteiger partial charge is 0.480 e. The molecule has 364 valence electrons. The Morgan fingerprint density at radius 2 is 1.02 bits per heavy atom. The van der Waals surface area contributed by atoms with Crippen LogP contribution in [0.2, 0.25) is 0 Å². The topological polar surface area (TPSA) is 192 Å². The molecule has 0 spiro atoms. The van der Waals surface area contributed by atoms with E-state index in [4.69, 9.17) is 24.8 Å². The number of phosphoric ester groups is 1. The van der Waals surface area contributed by atoms with E-state index in [-0.39, 0.29) is 19.4 Å². The number of carboxylic acids is 1. The highest BCUT2D eigenvalue weighted by molar-refractivity contribution is 7.47. The number of aliphatic hydroxyl groups excluding tert-OH is 1. The third-order valence-corrected chi connectivity index (χ3v) is 11.4. The molecule has 0 aliphatic carbocycles. The summed E-state index contributed by atoms with van der Waals surface area (Å²) in [7, 11) is -4.75. The van der Waals surface area contributed by atoms with Gasteiger partial charge in [0.15, 0.2) is 6.10 Å². The number of carboxylic acid groups (broad SMARTS) is 1. The fraction of sp³-hybridized carbons (Fsp3) is 0.740. The molecular weight excluding hydrogens is 822 g/mol. The lowest BCUT2D eigenvalue weighted by atomic mass is 10.0. The molecule has 0 heterocycles. The molecule has 0 aromatic heterocycles. The van der Waals surface area contributed by atoms with Crippen molar-refractivity contribution in [1.82, 2.24) is 0 Å². The molecule has 0 aliphatic heterocycles. The monoisotopic (exact) mass is 910 g/mol. The predicted molar refractivity (Wildman–Crippen MR) is 255 cm³/mol. The molecule has 5 N–H and O–H groups in total. The summed E-state index contributed by atoms with van der Waals surface area (Å²) in [5.74, 6) is -2.47. The van der Waals surface area contributed by atoms with Crippen LogP contribution >= 0.6 is 7.82 Å². The molecular formula is C50H88NO11P. The summed E-state index contributed by atoms with van der Waals surface area (Å²) in [4.78, 5) is 46.1. The molecule has 0 aliphatic rings. The summed E-state index contributed by atoms with van der Waals surface area (Å²) in [6.07, 6.45) is 49.6. The predicted octanol–water partition coefficient (Wildman–Crippen LogP) is 12.5. The molecule has 12 nitrogen and oxygen atoms in total. The van der Waals surface area contributed by atoms with Crippen molar-refractivity contribution in [2.45, 2.75) is 218 Å². The second-order valence-electron chi connectivity index (χ2n) is 16.4. The van der Waals surface area contributed by atoms with Gasteiger partial charge in [0.25, 0.3) is 0 Å². The Bertz CT molecular complexity index is 1310. The number of carbonyl (C=O) groups is 3. The van der Waals surface area contributed by atoms with Gasteiger partial charge in [0, 0.05) is 12.8 Å². The van der Waals surface area contributed by atoms with Crippen LogP contribution in [0, 0.1) is 0 Å². The zero-order valence-electron chi connectivity index (χ0n) is 39.3. The van der Waals surface area contributed by atoms with Gasteiger partial charge in [-0.15, -0.1) is 0 Å². The van der Waals surface area contributed by atoms with E-state index in [0.29, 0.717) is 25.7 Å². The van der Waals surface area contributed by atoms with Crippen LogP contribution in [-0.4, -0.2) is 71.1 Å². The first kappa shape index (κ1) is 60.1. The molecule has 0 bridgehead atoms. The number of allylic oxidation sites excluding steroid dienone is 9. The Morgan fingerprint density at radius 3 is 1.51 bits per heavy atom. The maximum atomic E-state index is 12.6. The van der Waals surface area contributed by atoms with Crippen molar-refractivity contribution in [2.24, 2.45) is 5.73 Å². The minimum Gasteiger partial charge on any atom is -0.480 e. The van der Waals surface area contributed by atoms with Gasteiger partial charge in [0.2, 0.25) is 0 Å². The lowest BCUT2D eigenvalue weighted by Crippen LogP contribution is -2.34. The van der Waals surface area contributed by atoms with Crippen LogP contribution in [-0.2, 0) is 37.5 Å². The standard InChI is InChI=1S/C50H88NO11P/c1-3-5-6-7-8-9-10-11-12-13-14-15-16-17-18-22-25-28-31-34-37-40-48(53)59-42-46(43-60-63(57,58)61-44-47(51)50(55)56)62-49(54)41-38-35-32-29-26-23-20-19-21-24-27-30-33-36-39-45(52)4-2/h20-21,23-24,29-30,32-33,36,39,45-47,52H,3-19,22,25-28,31,34-35,37-38,40-44,51H2,1-2H3,(H,55,56)(H,57,58)/b23-20-,24-21-,32-29-,33-30-,39-36+/t45-,46-,47+/m1/s1. The average molecular weight is 910 g/mol. The number of aliphatic hydroxyl groups is 1. The smallest absolute Gasteiger partial charge is 0.472 e. The van der Waals surface area contributed by atoms with Gasteiger partial charge in [-0.3, -0.25) is 23.4 Å². The van der Waals surface area contributed by atoms with Crippen LogP contribution in [0.4, 0.5) is 0 Å². The van der Waals surface area contributed by atoms with Gasteiger partial charge in [-0.1, -0.05) is 203 Å². The van der Waals surface area contributed by atoms with Gasteiger partial charge in [-0.2, -0.15) is 0 Å². The van der Waals surface area contributed by atoms with E-state index >= 15 is 0 Å². The van der Waals surface area contributed by atoms with Gasteiger partial charge < -0.3 is 30.3 Å². The first-order chi connectivity index (χ1) is 30.5. The molecule has 63 heavy (non-hydrogen) atoms. The van der Waals surface area contributed by atoms with Crippen molar-refractivity contribution < 1.29 is 52.6 Å². The molecule has 0 radical (unpaired) electrons. The Morgan fingerprint density at radius 1 is 0.571 bits per heavy atom. The Kier molecular flexibility index (Phi) is 42.3. The van der Waals surface area contributed by atoms with E-state index in [1.807, 2.05) is 37.3 Å². The normalized spacial score (nSPS) is 14.6. The van der Waals surface area contributed by atoms with E-state index in [1.54, 1.807) is 6.08 Å². The number of aliphatic carboxylic acids is 1. The highest BCUT2D eigenvalue weighted by Crippen LogP contribution is 2.43. The fourth-order valence-electron chi connectivity index (χ4n) is 6.47. The molecule has 13 heteroatoms. The third kappa shape index (κ3) is 44.1. The maximum absolute atomic E-state index is 12.6. The third-order valence-electron chi connectivity index (χ3n) is 10.4. The Labute approximate surface area is 381 Å². The first-order valence-corrected chi connectivity index (χ1v) is 25.9. The number of esters is 2. The lowest BCUT2D eigenvalue weighted by molar-refractivity contribution is -0.161. The van der Waals surface area contributed by atoms with E-state index < -0.39 is 57.2 Å². The van der Waals surface area contributed by atoms with Crippen molar-refractivity contribution in [3.8, 4) is 0 Å². The molecule has 4 atom stereocenters. The summed E-state index contributed by atoms with van der Waals surface area (Å²) in [5, 5.41) is 18.4. The summed E-state index contributed by atoms with van der Waals surface area (Å²) in [5.41, 5.74) is 5.34. The number of rotatable bonds is 45. The van der Waals surface area contributed by atoms with Crippen molar-refractivity contribution >= 4 is 25.7 Å². The van der Waals surface area contributed by atoms with Gasteiger partial charge in [0.1, 0.15) is 12.6 Å². The van der Waals surface area contributed by atoms with E-state index in [0.717, 1.165) is 38.5 Å². The Hall–Kier alpha value is -2.86. The van der Waals surface area contributed by atoms with Crippen molar-refractivity contribution in [1.29, 1.82) is 0 Å². The zero-order valence-corrected chi connectivity index (χ0v) is 40.2. The Balaban J connectivity index is 4.34. The van der Waals surface area contributed by atoms with Gasteiger partial charge in [0.05, 0.1) is 19.3 Å². The van der Waals surface area contributed by atoms with Crippen LogP contribution in [0.1, 0.15) is 200 Å². The second-order valence-corrected chi connectivity index (χ2v) is 17.9. The van der Waals surface area contributed by atoms with Crippen molar-refractivity contribution in [3.05, 3.63) is 60.8 Å². The van der Waals surface area contributed by atoms with Crippen molar-refractivity contribution in [2.75, 3.05) is 19.8 Å². The SMILES string of the molecule is CCCCCCCCCCCCCCCCCCCCCCCC(=O)OC[C@H](COP(=O)(O)OC[C@H](N)C(=O)O)OC(=O)CCC/C=C\C/C=C\C/C=C\C/C=C\C=C\[C@H](O)CC. The molecule has 0 aromatic rings. The van der Waals surface area contributed by atoms with Gasteiger partial charge in [-0.05, 0) is 44.9 Å². The van der Waals surface area contributed by atoms with E-state index in [1.165, 1.54) is 109 Å². The number of hydrogen-bond acceptors (Lipinski definition) is 10. The first-order valence-electron chi connectivity index (χ1n) is 24.4. The fourth-order valence-corrected chi connectivity index (χ4v) is 7.24. The van der Waals surface area contributed by atoms with Crippen molar-refractivity contribution in [3.63, 3.8) is 0 Å². The van der Waals surface area contributed by atoms with Crippen LogP contribution in [0.3, 0.4) is 0 Å². The molecule has 1 unspecified atom stereocenters. The number of ether oxygens (including phenoxy) is 2. The molecule has 0 aromatic carbocycles. The summed E-state index contributed by atoms with van der Waals surface area (Å²) >= 11 is 0. The quantitative estimate of drug-likeness (QED) is 0.0149. The highest BCUT2D eigenvalue weighted by Gasteiger charge is 2.28. The van der Waals surface area contributed by atoms with Crippen LogP contribution in [0.15, 0.2) is 60.8 Å². The zero-order chi connectivity index (χ0) is 46.5. The maximum Gasteiger partial charge on any atom is 0.472 e. The summed E-state index contributed by atoms with van der Waals surface area (Å²) < 4.78 is 32.7. The minimum absolute atomic E-state index is 0.0685. The summed E-state index contributed by atoms with van der Waals surface area (Å²) in [6, 6.07) is -1.54. The van der Waals surface area contributed by atoms with Crippen LogP contribution in [0.25, 0.3) is 0 Å². The molecule has 0 saturated carbocycles. The number of nitrogens with two attached hydrogens (primary N) is 1. The lowest BCUT2D eigenvalue weighted by Gasteiger charge is -2.20. The molecule has 0 saturated heterocycles. The van der Waals surface area contributed by atoms with E-state index in [9.17, 15) is 28.9 Å². The van der Waals surface area contributed by atoms with Gasteiger partial charge in [-0.25, -0.2) is 4.57 Å². The number of phosphoric acid groups is 1. The van der Waals surface area contributed by atoms with E-state index in [2.05, 4.69) is 35.8 Å². The number of hydrogen-bond donors (Lipinski definition) is 4. The molecule has 0 fully saturated rings. The molecule has 0 rings (SSSR count). The van der Waals surface area contributed by atoms with Crippen LogP contribution < -0.4 is 5.73 Å². The number of carbonyl (C=O) groups excluding carboxylic acids is 2. The van der Waals surface area contributed by atoms with Gasteiger partial charge >= 0.3 is 25.7 Å². The van der Waals surface area contributed by atoms with Crippen LogP contribution in [0.5, 0.6) is 0 Å².